The fourth-order valence-corrected chi connectivity index (χ4v) is 3.74. The van der Waals surface area contributed by atoms with Crippen molar-refractivity contribution in [1.82, 2.24) is 9.38 Å². The van der Waals surface area contributed by atoms with E-state index in [2.05, 4.69) is 10.3 Å². The van der Waals surface area contributed by atoms with E-state index in [-0.39, 0.29) is 12.7 Å². The Labute approximate surface area is 170 Å². The van der Waals surface area contributed by atoms with E-state index in [0.717, 1.165) is 16.2 Å². The van der Waals surface area contributed by atoms with Gasteiger partial charge >= 0.3 is 0 Å². The smallest absolute Gasteiger partial charge is 0.265 e. The third-order valence-electron chi connectivity index (χ3n) is 4.57. The van der Waals surface area contributed by atoms with E-state index in [1.54, 1.807) is 36.5 Å². The average Bonchev–Trinajstić information content (AvgIpc) is 3.44. The molecule has 0 aliphatic carbocycles. The van der Waals surface area contributed by atoms with Crippen molar-refractivity contribution in [2.75, 3.05) is 12.1 Å². The number of hydrogen-bond acceptors (Lipinski definition) is 6. The van der Waals surface area contributed by atoms with Crippen LogP contribution in [0.25, 0.3) is 16.2 Å². The molecule has 29 heavy (non-hydrogen) atoms. The average molecular weight is 407 g/mol. The third kappa shape index (κ3) is 3.50. The first kappa shape index (κ1) is 17.6. The number of ether oxygens (including phenoxy) is 3. The number of carbonyl (C=O) groups excluding carboxylic acids is 1. The van der Waals surface area contributed by atoms with Crippen LogP contribution in [0.15, 0.2) is 60.2 Å². The number of nitrogens with one attached hydrogen (secondary N) is 1. The van der Waals surface area contributed by atoms with Crippen LogP contribution in [0.4, 0.5) is 5.69 Å². The van der Waals surface area contributed by atoms with Gasteiger partial charge in [-0.3, -0.25) is 9.20 Å². The van der Waals surface area contributed by atoms with Crippen LogP contribution in [-0.2, 0) is 4.79 Å². The summed E-state index contributed by atoms with van der Waals surface area (Å²) in [5, 5.41) is 4.87. The monoisotopic (exact) mass is 407 g/mol. The zero-order valence-electron chi connectivity index (χ0n) is 15.5. The largest absolute Gasteiger partial charge is 0.481 e. The molecule has 1 aliphatic rings. The molecule has 0 saturated carbocycles. The second kappa shape index (κ2) is 7.14. The maximum absolute atomic E-state index is 12.5. The summed E-state index contributed by atoms with van der Waals surface area (Å²) < 4.78 is 18.3. The van der Waals surface area contributed by atoms with Gasteiger partial charge in [-0.05, 0) is 31.2 Å². The second-order valence-electron chi connectivity index (χ2n) is 6.56. The van der Waals surface area contributed by atoms with Crippen LogP contribution in [0, 0.1) is 0 Å². The first-order valence-electron chi connectivity index (χ1n) is 9.05. The Morgan fingerprint density at radius 3 is 2.86 bits per heavy atom. The molecular formula is C21H17N3O4S. The predicted molar refractivity (Wildman–Crippen MR) is 110 cm³/mol. The van der Waals surface area contributed by atoms with Crippen molar-refractivity contribution in [1.29, 1.82) is 0 Å². The van der Waals surface area contributed by atoms with Gasteiger partial charge in [0, 0.05) is 35.1 Å². The van der Waals surface area contributed by atoms with Gasteiger partial charge < -0.3 is 19.5 Å². The van der Waals surface area contributed by atoms with Crippen LogP contribution in [-0.4, -0.2) is 28.2 Å². The van der Waals surface area contributed by atoms with E-state index in [9.17, 15) is 4.79 Å². The van der Waals surface area contributed by atoms with Crippen LogP contribution in [0.1, 0.15) is 6.92 Å². The van der Waals surface area contributed by atoms with Crippen molar-refractivity contribution in [3.8, 4) is 28.5 Å². The van der Waals surface area contributed by atoms with Gasteiger partial charge in [-0.2, -0.15) is 0 Å². The summed E-state index contributed by atoms with van der Waals surface area (Å²) in [6, 6.07) is 12.8. The van der Waals surface area contributed by atoms with Gasteiger partial charge in [0.2, 0.25) is 6.79 Å². The van der Waals surface area contributed by atoms with Crippen molar-refractivity contribution in [3.63, 3.8) is 0 Å². The highest BCUT2D eigenvalue weighted by Crippen LogP contribution is 2.35. The Morgan fingerprint density at radius 1 is 1.21 bits per heavy atom. The molecule has 0 bridgehead atoms. The maximum atomic E-state index is 12.5. The summed E-state index contributed by atoms with van der Waals surface area (Å²) >= 11 is 1.59. The Hall–Kier alpha value is -3.52. The van der Waals surface area contributed by atoms with Crippen molar-refractivity contribution < 1.29 is 19.0 Å². The molecule has 0 fully saturated rings. The summed E-state index contributed by atoms with van der Waals surface area (Å²) in [7, 11) is 0. The molecule has 0 saturated heterocycles. The lowest BCUT2D eigenvalue weighted by molar-refractivity contribution is -0.122. The topological polar surface area (TPSA) is 74.1 Å². The molecule has 5 rings (SSSR count). The molecule has 2 aromatic heterocycles. The molecule has 8 heteroatoms. The maximum Gasteiger partial charge on any atom is 0.265 e. The number of aromatic nitrogens is 2. The molecule has 1 amide bonds. The number of anilines is 1. The Morgan fingerprint density at radius 2 is 2.03 bits per heavy atom. The molecule has 4 aromatic rings. The zero-order valence-corrected chi connectivity index (χ0v) is 16.3. The molecule has 2 aromatic carbocycles. The van der Waals surface area contributed by atoms with E-state index in [1.807, 2.05) is 46.4 Å². The molecular weight excluding hydrogens is 390 g/mol. The Balaban J connectivity index is 1.23. The number of imidazole rings is 1. The number of rotatable bonds is 5. The summed E-state index contributed by atoms with van der Waals surface area (Å²) in [5.74, 6) is 1.60. The number of carbonyl (C=O) groups is 1. The minimum Gasteiger partial charge on any atom is -0.481 e. The highest BCUT2D eigenvalue weighted by molar-refractivity contribution is 7.15. The lowest BCUT2D eigenvalue weighted by Crippen LogP contribution is -2.30. The molecule has 146 valence electrons. The number of amides is 1. The first-order valence-corrected chi connectivity index (χ1v) is 9.93. The van der Waals surface area contributed by atoms with Gasteiger partial charge in [0.25, 0.3) is 5.91 Å². The minimum absolute atomic E-state index is 0.196. The number of hydrogen-bond donors (Lipinski definition) is 1. The zero-order chi connectivity index (χ0) is 19.8. The minimum atomic E-state index is -0.671. The number of benzene rings is 2. The van der Waals surface area contributed by atoms with Crippen molar-refractivity contribution in [2.24, 2.45) is 0 Å². The standard InChI is InChI=1S/C21H17N3O4S/c1-13(28-16-6-7-18-19(10-16)27-12-26-18)20(25)22-15-4-2-14(3-5-15)17-11-24-8-9-29-21(24)23-17/h2-11,13H,12H2,1H3,(H,22,25). The van der Waals surface area contributed by atoms with Crippen molar-refractivity contribution in [2.45, 2.75) is 13.0 Å². The molecule has 0 radical (unpaired) electrons. The van der Waals surface area contributed by atoms with Crippen molar-refractivity contribution >= 4 is 27.9 Å². The lowest BCUT2D eigenvalue weighted by Gasteiger charge is -2.15. The Kier molecular flexibility index (Phi) is 4.33. The normalized spacial score (nSPS) is 13.4. The molecule has 7 nitrogen and oxygen atoms in total. The van der Waals surface area contributed by atoms with E-state index in [4.69, 9.17) is 14.2 Å². The Bertz CT molecular complexity index is 1150. The fourth-order valence-electron chi connectivity index (χ4n) is 3.04. The summed E-state index contributed by atoms with van der Waals surface area (Å²) in [6.45, 7) is 1.90. The van der Waals surface area contributed by atoms with Gasteiger partial charge in [0.1, 0.15) is 5.75 Å². The number of thiazole rings is 1. The SMILES string of the molecule is CC(Oc1ccc2c(c1)OCO2)C(=O)Nc1ccc(-c2cn3ccsc3n2)cc1. The molecule has 1 N–H and O–H groups in total. The van der Waals surface area contributed by atoms with Gasteiger partial charge in [-0.15, -0.1) is 11.3 Å². The van der Waals surface area contributed by atoms with E-state index in [0.29, 0.717) is 22.9 Å². The molecule has 0 spiro atoms. The van der Waals surface area contributed by atoms with Gasteiger partial charge in [0.05, 0.1) is 5.69 Å². The molecule has 3 heterocycles. The van der Waals surface area contributed by atoms with Crippen LogP contribution in [0.3, 0.4) is 0 Å². The molecule has 1 aliphatic heterocycles. The van der Waals surface area contributed by atoms with Crippen LogP contribution in [0.5, 0.6) is 17.2 Å². The van der Waals surface area contributed by atoms with E-state index >= 15 is 0 Å². The first-order chi connectivity index (χ1) is 14.2. The summed E-state index contributed by atoms with van der Waals surface area (Å²) in [5.41, 5.74) is 2.58. The quantitative estimate of drug-likeness (QED) is 0.537. The van der Waals surface area contributed by atoms with Gasteiger partial charge in [-0.1, -0.05) is 12.1 Å². The van der Waals surface area contributed by atoms with E-state index in [1.165, 1.54) is 0 Å². The highest BCUT2D eigenvalue weighted by atomic mass is 32.1. The molecule has 1 unspecified atom stereocenters. The van der Waals surface area contributed by atoms with Crippen molar-refractivity contribution in [3.05, 3.63) is 60.2 Å². The van der Waals surface area contributed by atoms with Gasteiger partial charge in [0.15, 0.2) is 22.6 Å². The number of fused-ring (bicyclic) bond motifs is 2. The summed E-state index contributed by atoms with van der Waals surface area (Å²) in [4.78, 5) is 18.0. The molecule has 1 atom stereocenters. The van der Waals surface area contributed by atoms with Crippen LogP contribution >= 0.6 is 11.3 Å². The summed E-state index contributed by atoms with van der Waals surface area (Å²) in [6.07, 6.45) is 3.29. The van der Waals surface area contributed by atoms with Gasteiger partial charge in [-0.25, -0.2) is 4.98 Å². The predicted octanol–water partition coefficient (Wildman–Crippen LogP) is 4.20. The third-order valence-corrected chi connectivity index (χ3v) is 5.34. The number of nitrogens with zero attached hydrogens (tertiary/aromatic N) is 2. The van der Waals surface area contributed by atoms with Crippen LogP contribution < -0.4 is 19.5 Å². The fraction of sp³-hybridized carbons (Fsp3) is 0.143. The lowest BCUT2D eigenvalue weighted by atomic mass is 10.1. The highest BCUT2D eigenvalue weighted by Gasteiger charge is 2.18. The van der Waals surface area contributed by atoms with Crippen LogP contribution in [0.2, 0.25) is 0 Å². The second-order valence-corrected chi connectivity index (χ2v) is 7.43. The van der Waals surface area contributed by atoms with E-state index < -0.39 is 6.10 Å².